The molecule has 0 amide bonds. The van der Waals surface area contributed by atoms with E-state index in [0.717, 1.165) is 6.42 Å². The molecule has 0 bridgehead atoms. The van der Waals surface area contributed by atoms with Gasteiger partial charge in [0.1, 0.15) is 6.04 Å². The van der Waals surface area contributed by atoms with Crippen molar-refractivity contribution in [1.82, 2.24) is 5.32 Å². The first-order chi connectivity index (χ1) is 5.24. The van der Waals surface area contributed by atoms with Crippen molar-refractivity contribution in [3.05, 3.63) is 0 Å². The Labute approximate surface area is 65.5 Å². The van der Waals surface area contributed by atoms with Gasteiger partial charge in [0.25, 0.3) is 0 Å². The van der Waals surface area contributed by atoms with Crippen LogP contribution in [0.2, 0.25) is 0 Å². The predicted octanol–water partition coefficient (Wildman–Crippen LogP) is -0.162. The zero-order chi connectivity index (χ0) is 8.27. The molecule has 0 spiro atoms. The summed E-state index contributed by atoms with van der Waals surface area (Å²) in [6, 6.07) is -0.374. The van der Waals surface area contributed by atoms with Crippen LogP contribution in [0.25, 0.3) is 0 Å². The zero-order valence-electron chi connectivity index (χ0n) is 6.54. The highest BCUT2D eigenvalue weighted by Crippen LogP contribution is 2.10. The van der Waals surface area contributed by atoms with Crippen molar-refractivity contribution in [3.8, 4) is 0 Å². The van der Waals surface area contributed by atoms with E-state index in [-0.39, 0.29) is 12.1 Å². The molecule has 2 atom stereocenters. The average molecular weight is 159 g/mol. The molecular weight excluding hydrogens is 146 g/mol. The Balaban J connectivity index is 2.30. The molecule has 2 unspecified atom stereocenters. The van der Waals surface area contributed by atoms with Crippen LogP contribution >= 0.6 is 0 Å². The molecular formula is C7H13NO3. The van der Waals surface area contributed by atoms with Gasteiger partial charge in [-0.25, -0.2) is 0 Å². The molecule has 4 heteroatoms. The first kappa shape index (κ1) is 8.49. The van der Waals surface area contributed by atoms with Gasteiger partial charge in [-0.2, -0.15) is 0 Å². The summed E-state index contributed by atoms with van der Waals surface area (Å²) in [5, 5.41) is 11.5. The highest BCUT2D eigenvalue weighted by Gasteiger charge is 2.24. The Hall–Kier alpha value is -0.610. The third-order valence-electron chi connectivity index (χ3n) is 2.00. The Morgan fingerprint density at radius 2 is 2.36 bits per heavy atom. The van der Waals surface area contributed by atoms with Crippen LogP contribution in [0.3, 0.4) is 0 Å². The van der Waals surface area contributed by atoms with E-state index in [4.69, 9.17) is 9.84 Å². The summed E-state index contributed by atoms with van der Waals surface area (Å²) in [5.74, 6) is -0.764. The van der Waals surface area contributed by atoms with E-state index in [1.165, 1.54) is 0 Å². The minimum absolute atomic E-state index is 0.186. The second-order valence-electron chi connectivity index (χ2n) is 2.73. The SMILES string of the molecule is COC1CCC(C(=O)O)NC1. The maximum absolute atomic E-state index is 10.4. The Morgan fingerprint density at radius 3 is 2.73 bits per heavy atom. The van der Waals surface area contributed by atoms with Crippen molar-refractivity contribution in [3.63, 3.8) is 0 Å². The predicted molar refractivity (Wildman–Crippen MR) is 39.5 cm³/mol. The molecule has 1 saturated heterocycles. The van der Waals surface area contributed by atoms with Gasteiger partial charge in [-0.3, -0.25) is 4.79 Å². The number of carboxylic acids is 1. The second kappa shape index (κ2) is 3.69. The van der Waals surface area contributed by atoms with E-state index in [2.05, 4.69) is 5.32 Å². The molecule has 0 aromatic rings. The van der Waals surface area contributed by atoms with E-state index in [0.29, 0.717) is 13.0 Å². The van der Waals surface area contributed by atoms with Gasteiger partial charge in [0, 0.05) is 13.7 Å². The first-order valence-corrected chi connectivity index (χ1v) is 3.73. The van der Waals surface area contributed by atoms with Crippen LogP contribution in [0.1, 0.15) is 12.8 Å². The zero-order valence-corrected chi connectivity index (χ0v) is 6.54. The third-order valence-corrected chi connectivity index (χ3v) is 2.00. The Morgan fingerprint density at radius 1 is 1.64 bits per heavy atom. The van der Waals surface area contributed by atoms with Gasteiger partial charge < -0.3 is 15.2 Å². The molecule has 0 aromatic carbocycles. The molecule has 0 saturated carbocycles. The fraction of sp³-hybridized carbons (Fsp3) is 0.857. The number of ether oxygens (including phenoxy) is 1. The van der Waals surface area contributed by atoms with Gasteiger partial charge in [0.2, 0.25) is 0 Å². The summed E-state index contributed by atoms with van der Waals surface area (Å²) in [4.78, 5) is 10.4. The molecule has 11 heavy (non-hydrogen) atoms. The standard InChI is InChI=1S/C7H13NO3/c1-11-5-2-3-6(7(9)10)8-4-5/h5-6,8H,2-4H2,1H3,(H,9,10). The monoisotopic (exact) mass is 159 g/mol. The van der Waals surface area contributed by atoms with Gasteiger partial charge in [-0.15, -0.1) is 0 Å². The maximum atomic E-state index is 10.4. The number of aliphatic carboxylic acids is 1. The smallest absolute Gasteiger partial charge is 0.320 e. The highest BCUT2D eigenvalue weighted by atomic mass is 16.5. The minimum Gasteiger partial charge on any atom is -0.480 e. The molecule has 1 fully saturated rings. The second-order valence-corrected chi connectivity index (χ2v) is 2.73. The van der Waals surface area contributed by atoms with Crippen LogP contribution in [-0.2, 0) is 9.53 Å². The van der Waals surface area contributed by atoms with Crippen molar-refractivity contribution in [2.45, 2.75) is 25.0 Å². The fourth-order valence-corrected chi connectivity index (χ4v) is 1.24. The van der Waals surface area contributed by atoms with Crippen LogP contribution in [0.15, 0.2) is 0 Å². The number of piperidine rings is 1. The number of hydrogen-bond donors (Lipinski definition) is 2. The number of nitrogens with one attached hydrogen (secondary N) is 1. The Kier molecular flexibility index (Phi) is 2.84. The van der Waals surface area contributed by atoms with Crippen molar-refractivity contribution in [2.75, 3.05) is 13.7 Å². The topological polar surface area (TPSA) is 58.6 Å². The van der Waals surface area contributed by atoms with Crippen LogP contribution in [0.5, 0.6) is 0 Å². The fourth-order valence-electron chi connectivity index (χ4n) is 1.24. The molecule has 1 rings (SSSR count). The maximum Gasteiger partial charge on any atom is 0.320 e. The van der Waals surface area contributed by atoms with E-state index in [1.807, 2.05) is 0 Å². The van der Waals surface area contributed by atoms with Crippen LogP contribution in [-0.4, -0.2) is 36.9 Å². The molecule has 1 aliphatic heterocycles. The summed E-state index contributed by atoms with van der Waals surface area (Å²) >= 11 is 0. The summed E-state index contributed by atoms with van der Waals surface area (Å²) in [5.41, 5.74) is 0. The van der Waals surface area contributed by atoms with Gasteiger partial charge >= 0.3 is 5.97 Å². The van der Waals surface area contributed by atoms with Crippen molar-refractivity contribution < 1.29 is 14.6 Å². The lowest BCUT2D eigenvalue weighted by Gasteiger charge is -2.26. The van der Waals surface area contributed by atoms with Gasteiger partial charge in [-0.05, 0) is 12.8 Å². The summed E-state index contributed by atoms with van der Waals surface area (Å²) in [6.07, 6.45) is 1.68. The normalized spacial score (nSPS) is 31.7. The molecule has 1 heterocycles. The molecule has 1 aliphatic rings. The van der Waals surface area contributed by atoms with Crippen LogP contribution in [0.4, 0.5) is 0 Å². The van der Waals surface area contributed by atoms with E-state index in [1.54, 1.807) is 7.11 Å². The average Bonchev–Trinajstić information content (AvgIpc) is 2.05. The van der Waals surface area contributed by atoms with E-state index >= 15 is 0 Å². The minimum atomic E-state index is -0.764. The summed E-state index contributed by atoms with van der Waals surface area (Å²) < 4.78 is 5.06. The van der Waals surface area contributed by atoms with Gasteiger partial charge in [0.15, 0.2) is 0 Å². The number of carbonyl (C=O) groups is 1. The molecule has 2 N–H and O–H groups in total. The largest absolute Gasteiger partial charge is 0.480 e. The molecule has 0 aromatic heterocycles. The van der Waals surface area contributed by atoms with Gasteiger partial charge in [0.05, 0.1) is 6.10 Å². The number of methoxy groups -OCH3 is 1. The lowest BCUT2D eigenvalue weighted by atomic mass is 10.0. The van der Waals surface area contributed by atoms with Crippen molar-refractivity contribution >= 4 is 5.97 Å². The lowest BCUT2D eigenvalue weighted by Crippen LogP contribution is -2.46. The molecule has 4 nitrogen and oxygen atoms in total. The van der Waals surface area contributed by atoms with Crippen molar-refractivity contribution in [2.24, 2.45) is 0 Å². The van der Waals surface area contributed by atoms with Crippen LogP contribution < -0.4 is 5.32 Å². The third kappa shape index (κ3) is 2.17. The first-order valence-electron chi connectivity index (χ1n) is 3.73. The van der Waals surface area contributed by atoms with Crippen LogP contribution in [0, 0.1) is 0 Å². The van der Waals surface area contributed by atoms with E-state index < -0.39 is 5.97 Å². The lowest BCUT2D eigenvalue weighted by molar-refractivity contribution is -0.140. The highest BCUT2D eigenvalue weighted by molar-refractivity contribution is 5.73. The summed E-state index contributed by atoms with van der Waals surface area (Å²) in [6.45, 7) is 0.646. The number of hydrogen-bond acceptors (Lipinski definition) is 3. The number of rotatable bonds is 2. The Bertz CT molecular complexity index is 141. The molecule has 64 valence electrons. The van der Waals surface area contributed by atoms with Crippen molar-refractivity contribution in [1.29, 1.82) is 0 Å². The quantitative estimate of drug-likeness (QED) is 0.587. The van der Waals surface area contributed by atoms with Gasteiger partial charge in [-0.1, -0.05) is 0 Å². The molecule has 0 radical (unpaired) electrons. The number of carboxylic acid groups (broad SMARTS) is 1. The summed E-state index contributed by atoms with van der Waals surface area (Å²) in [7, 11) is 1.65. The van der Waals surface area contributed by atoms with E-state index in [9.17, 15) is 4.79 Å². The molecule has 0 aliphatic carbocycles.